The van der Waals surface area contributed by atoms with Crippen molar-refractivity contribution in [1.29, 1.82) is 0 Å². The van der Waals surface area contributed by atoms with Gasteiger partial charge in [0.05, 0.1) is 6.54 Å². The Balaban J connectivity index is 2.43. The zero-order valence-electron chi connectivity index (χ0n) is 13.2. The number of carbonyl (C=O) groups is 2. The molecule has 1 aliphatic rings. The molecule has 0 bridgehead atoms. The summed E-state index contributed by atoms with van der Waals surface area (Å²) >= 11 is 0. The fourth-order valence-corrected chi connectivity index (χ4v) is 2.84. The topological polar surface area (TPSA) is 75.4 Å². The summed E-state index contributed by atoms with van der Waals surface area (Å²) in [7, 11) is 1.70. The van der Waals surface area contributed by atoms with Gasteiger partial charge < -0.3 is 16.0 Å². The molecule has 1 saturated carbocycles. The monoisotopic (exact) mass is 283 g/mol. The molecule has 0 aromatic carbocycles. The lowest BCUT2D eigenvalue weighted by Crippen LogP contribution is -2.44. The van der Waals surface area contributed by atoms with Crippen molar-refractivity contribution < 1.29 is 9.59 Å². The van der Waals surface area contributed by atoms with E-state index in [2.05, 4.69) is 12.2 Å². The molecule has 2 amide bonds. The molecular formula is C15H29N3O2. The number of carbonyl (C=O) groups excluding carboxylic acids is 2. The van der Waals surface area contributed by atoms with Crippen LogP contribution in [0.2, 0.25) is 0 Å². The van der Waals surface area contributed by atoms with Crippen molar-refractivity contribution in [3.63, 3.8) is 0 Å². The van der Waals surface area contributed by atoms with E-state index in [1.54, 1.807) is 7.05 Å². The average molecular weight is 283 g/mol. The minimum atomic E-state index is -0.0947. The number of hydrogen-bond donors (Lipinski definition) is 2. The maximum absolute atomic E-state index is 12.4. The maximum atomic E-state index is 12.4. The molecule has 20 heavy (non-hydrogen) atoms. The lowest BCUT2D eigenvalue weighted by atomic mass is 9.79. The van der Waals surface area contributed by atoms with Gasteiger partial charge in [-0.3, -0.25) is 9.59 Å². The summed E-state index contributed by atoms with van der Waals surface area (Å²) in [6.45, 7) is 6.99. The zero-order valence-corrected chi connectivity index (χ0v) is 13.2. The van der Waals surface area contributed by atoms with Crippen LogP contribution in [0.3, 0.4) is 0 Å². The smallest absolute Gasteiger partial charge is 0.239 e. The Kier molecular flexibility index (Phi) is 6.46. The number of hydrogen-bond acceptors (Lipinski definition) is 3. The standard InChI is InChI=1S/C15H29N3O2/c1-10(2)8-17-14(19)9-18(4)15(20)12-5-11(3)6-13(16)7-12/h10-13H,5-9,16H2,1-4H3,(H,17,19). The molecule has 1 rings (SSSR count). The Hall–Kier alpha value is -1.10. The summed E-state index contributed by atoms with van der Waals surface area (Å²) in [4.78, 5) is 25.6. The van der Waals surface area contributed by atoms with Gasteiger partial charge in [0.1, 0.15) is 0 Å². The van der Waals surface area contributed by atoms with Crippen LogP contribution in [0.1, 0.15) is 40.0 Å². The highest BCUT2D eigenvalue weighted by atomic mass is 16.2. The summed E-state index contributed by atoms with van der Waals surface area (Å²) < 4.78 is 0. The first-order valence-electron chi connectivity index (χ1n) is 7.56. The lowest BCUT2D eigenvalue weighted by molar-refractivity contribution is -0.139. The van der Waals surface area contributed by atoms with E-state index in [9.17, 15) is 9.59 Å². The number of amides is 2. The van der Waals surface area contributed by atoms with Gasteiger partial charge in [0, 0.05) is 25.6 Å². The molecule has 0 aromatic heterocycles. The zero-order chi connectivity index (χ0) is 15.3. The van der Waals surface area contributed by atoms with Crippen LogP contribution in [0.15, 0.2) is 0 Å². The second-order valence-corrected chi connectivity index (χ2v) is 6.66. The van der Waals surface area contributed by atoms with Gasteiger partial charge in [-0.25, -0.2) is 0 Å². The molecule has 116 valence electrons. The van der Waals surface area contributed by atoms with Crippen molar-refractivity contribution in [2.24, 2.45) is 23.5 Å². The molecule has 0 aromatic rings. The number of nitrogens with two attached hydrogens (primary N) is 1. The molecule has 0 radical (unpaired) electrons. The molecule has 0 saturated heterocycles. The van der Waals surface area contributed by atoms with Crippen LogP contribution < -0.4 is 11.1 Å². The van der Waals surface area contributed by atoms with Crippen LogP contribution in [0, 0.1) is 17.8 Å². The van der Waals surface area contributed by atoms with Gasteiger partial charge in [-0.15, -0.1) is 0 Å². The third-order valence-corrected chi connectivity index (χ3v) is 3.79. The van der Waals surface area contributed by atoms with E-state index < -0.39 is 0 Å². The van der Waals surface area contributed by atoms with Gasteiger partial charge in [0.25, 0.3) is 0 Å². The van der Waals surface area contributed by atoms with Crippen molar-refractivity contribution in [2.75, 3.05) is 20.1 Å². The van der Waals surface area contributed by atoms with Crippen LogP contribution >= 0.6 is 0 Å². The molecule has 0 spiro atoms. The molecule has 3 atom stereocenters. The first-order valence-corrected chi connectivity index (χ1v) is 7.56. The first kappa shape index (κ1) is 17.0. The third-order valence-electron chi connectivity index (χ3n) is 3.79. The number of likely N-dealkylation sites (N-methyl/N-ethyl adjacent to an activating group) is 1. The van der Waals surface area contributed by atoms with E-state index in [1.165, 1.54) is 4.90 Å². The van der Waals surface area contributed by atoms with Crippen LogP contribution in [-0.4, -0.2) is 42.9 Å². The molecule has 1 aliphatic carbocycles. The summed E-state index contributed by atoms with van der Waals surface area (Å²) in [5.41, 5.74) is 5.99. The Morgan fingerprint density at radius 2 is 1.95 bits per heavy atom. The Morgan fingerprint density at radius 3 is 2.50 bits per heavy atom. The number of nitrogens with zero attached hydrogens (tertiary/aromatic N) is 1. The molecule has 0 heterocycles. The summed E-state index contributed by atoms with van der Waals surface area (Å²) in [6.07, 6.45) is 2.61. The fraction of sp³-hybridized carbons (Fsp3) is 0.867. The minimum absolute atomic E-state index is 0.0309. The average Bonchev–Trinajstić information content (AvgIpc) is 2.34. The van der Waals surface area contributed by atoms with Crippen LogP contribution in [0.5, 0.6) is 0 Å². The van der Waals surface area contributed by atoms with Crippen LogP contribution in [0.25, 0.3) is 0 Å². The van der Waals surface area contributed by atoms with Crippen LogP contribution in [-0.2, 0) is 9.59 Å². The van der Waals surface area contributed by atoms with E-state index in [1.807, 2.05) is 13.8 Å². The molecule has 5 nitrogen and oxygen atoms in total. The van der Waals surface area contributed by atoms with E-state index in [-0.39, 0.29) is 30.3 Å². The highest BCUT2D eigenvalue weighted by molar-refractivity contribution is 5.85. The summed E-state index contributed by atoms with van der Waals surface area (Å²) in [6, 6.07) is 0.107. The fourth-order valence-electron chi connectivity index (χ4n) is 2.84. The van der Waals surface area contributed by atoms with E-state index in [0.29, 0.717) is 18.4 Å². The lowest BCUT2D eigenvalue weighted by Gasteiger charge is -2.32. The van der Waals surface area contributed by atoms with Crippen molar-refractivity contribution in [3.05, 3.63) is 0 Å². The molecule has 3 unspecified atom stereocenters. The third kappa shape index (κ3) is 5.49. The van der Waals surface area contributed by atoms with Crippen molar-refractivity contribution in [2.45, 2.75) is 46.1 Å². The van der Waals surface area contributed by atoms with E-state index in [4.69, 9.17) is 5.73 Å². The summed E-state index contributed by atoms with van der Waals surface area (Å²) in [5.74, 6) is 0.819. The molecule has 5 heteroatoms. The predicted octanol–water partition coefficient (Wildman–Crippen LogP) is 0.981. The predicted molar refractivity (Wildman–Crippen MR) is 80.0 cm³/mol. The van der Waals surface area contributed by atoms with Crippen LogP contribution in [0.4, 0.5) is 0 Å². The van der Waals surface area contributed by atoms with Crippen molar-refractivity contribution >= 4 is 11.8 Å². The highest BCUT2D eigenvalue weighted by Crippen LogP contribution is 2.29. The number of nitrogens with one attached hydrogen (secondary N) is 1. The summed E-state index contributed by atoms with van der Waals surface area (Å²) in [5, 5.41) is 2.83. The van der Waals surface area contributed by atoms with Gasteiger partial charge in [-0.1, -0.05) is 20.8 Å². The molecule has 0 aliphatic heterocycles. The molecule has 3 N–H and O–H groups in total. The second-order valence-electron chi connectivity index (χ2n) is 6.66. The Labute approximate surface area is 122 Å². The second kappa shape index (κ2) is 7.62. The molecule has 1 fully saturated rings. The van der Waals surface area contributed by atoms with Crippen molar-refractivity contribution in [3.8, 4) is 0 Å². The maximum Gasteiger partial charge on any atom is 0.239 e. The van der Waals surface area contributed by atoms with Gasteiger partial charge in [-0.2, -0.15) is 0 Å². The minimum Gasteiger partial charge on any atom is -0.354 e. The quantitative estimate of drug-likeness (QED) is 0.790. The Bertz CT molecular complexity index is 334. The van der Waals surface area contributed by atoms with Gasteiger partial charge in [0.2, 0.25) is 11.8 Å². The SMILES string of the molecule is CC(C)CNC(=O)CN(C)C(=O)C1CC(C)CC(N)C1. The molecular weight excluding hydrogens is 254 g/mol. The normalized spacial score (nSPS) is 26.4. The van der Waals surface area contributed by atoms with E-state index in [0.717, 1.165) is 19.3 Å². The van der Waals surface area contributed by atoms with Crippen molar-refractivity contribution in [1.82, 2.24) is 10.2 Å². The van der Waals surface area contributed by atoms with Gasteiger partial charge >= 0.3 is 0 Å². The Morgan fingerprint density at radius 1 is 1.30 bits per heavy atom. The first-order chi connectivity index (χ1) is 9.29. The number of rotatable bonds is 5. The van der Waals surface area contributed by atoms with E-state index >= 15 is 0 Å². The highest BCUT2D eigenvalue weighted by Gasteiger charge is 2.31. The van der Waals surface area contributed by atoms with Gasteiger partial charge in [-0.05, 0) is 31.1 Å². The van der Waals surface area contributed by atoms with Gasteiger partial charge in [0.15, 0.2) is 0 Å². The largest absolute Gasteiger partial charge is 0.354 e.